The highest BCUT2D eigenvalue weighted by molar-refractivity contribution is 7.87. The molecule has 0 bridgehead atoms. The molecule has 0 unspecified atom stereocenters. The average molecular weight is 311 g/mol. The number of rotatable bonds is 4. The smallest absolute Gasteiger partial charge is 0.279 e. The molecule has 1 aromatic rings. The van der Waals surface area contributed by atoms with Crippen LogP contribution >= 0.6 is 0 Å². The van der Waals surface area contributed by atoms with Gasteiger partial charge in [0.05, 0.1) is 5.41 Å². The monoisotopic (exact) mass is 311 g/mol. The predicted molar refractivity (Wildman–Crippen MR) is 82.3 cm³/mol. The van der Waals surface area contributed by atoms with Gasteiger partial charge in [-0.25, -0.2) is 0 Å². The molecule has 0 saturated carbocycles. The van der Waals surface area contributed by atoms with E-state index in [1.54, 1.807) is 11.9 Å². The lowest BCUT2D eigenvalue weighted by Gasteiger charge is -2.17. The lowest BCUT2D eigenvalue weighted by atomic mass is 9.85. The molecule has 116 valence electrons. The Morgan fingerprint density at radius 1 is 1.29 bits per heavy atom. The molecule has 0 radical (unpaired) electrons. The maximum atomic E-state index is 12.2. The Hall–Kier alpha value is -1.44. The summed E-state index contributed by atoms with van der Waals surface area (Å²) >= 11 is 0. The lowest BCUT2D eigenvalue weighted by molar-refractivity contribution is -0.121. The van der Waals surface area contributed by atoms with Gasteiger partial charge in [-0.05, 0) is 31.0 Å². The molecule has 2 rings (SSSR count). The molecule has 0 saturated heterocycles. The molecule has 0 atom stereocenters. The van der Waals surface area contributed by atoms with Crippen LogP contribution in [0, 0.1) is 0 Å². The zero-order valence-corrected chi connectivity index (χ0v) is 13.8. The van der Waals surface area contributed by atoms with Gasteiger partial charge < -0.3 is 4.90 Å². The van der Waals surface area contributed by atoms with E-state index < -0.39 is 15.6 Å². The standard InChI is InChI=1S/C14H21N3O3S/c1-14(2)11-8-10(9-15-21(19,20)16(3)4)6-7-12(11)17(5)13(14)18/h6-8,15H,9H2,1-5H3. The van der Waals surface area contributed by atoms with Gasteiger partial charge in [-0.3, -0.25) is 4.79 Å². The van der Waals surface area contributed by atoms with Crippen molar-refractivity contribution in [1.82, 2.24) is 9.03 Å². The van der Waals surface area contributed by atoms with Crippen molar-refractivity contribution >= 4 is 21.8 Å². The summed E-state index contributed by atoms with van der Waals surface area (Å²) in [6.45, 7) is 3.96. The Bertz CT molecular complexity index is 681. The number of nitrogens with one attached hydrogen (secondary N) is 1. The highest BCUT2D eigenvalue weighted by atomic mass is 32.2. The fourth-order valence-corrected chi connectivity index (χ4v) is 3.04. The van der Waals surface area contributed by atoms with E-state index in [2.05, 4.69) is 4.72 Å². The summed E-state index contributed by atoms with van der Waals surface area (Å²) in [6, 6.07) is 5.60. The number of amides is 1. The van der Waals surface area contributed by atoms with Gasteiger partial charge in [-0.15, -0.1) is 0 Å². The average Bonchev–Trinajstić information content (AvgIpc) is 2.58. The molecule has 1 aliphatic rings. The summed E-state index contributed by atoms with van der Waals surface area (Å²) < 4.78 is 27.1. The summed E-state index contributed by atoms with van der Waals surface area (Å²) in [5.41, 5.74) is 2.05. The van der Waals surface area contributed by atoms with Crippen molar-refractivity contribution < 1.29 is 13.2 Å². The fourth-order valence-electron chi connectivity index (χ4n) is 2.43. The fraction of sp³-hybridized carbons (Fsp3) is 0.500. The normalized spacial score (nSPS) is 17.4. The number of nitrogens with zero attached hydrogens (tertiary/aromatic N) is 2. The number of carbonyl (C=O) groups excluding carboxylic acids is 1. The van der Waals surface area contributed by atoms with Crippen LogP contribution in [0.1, 0.15) is 25.0 Å². The zero-order chi connectivity index (χ0) is 16.0. The number of hydrogen-bond acceptors (Lipinski definition) is 3. The van der Waals surface area contributed by atoms with Gasteiger partial charge in [0.15, 0.2) is 0 Å². The van der Waals surface area contributed by atoms with Crippen LogP contribution in [-0.2, 0) is 27.0 Å². The quantitative estimate of drug-likeness (QED) is 0.896. The summed E-state index contributed by atoms with van der Waals surface area (Å²) in [5, 5.41) is 0. The Morgan fingerprint density at radius 3 is 2.48 bits per heavy atom. The lowest BCUT2D eigenvalue weighted by Crippen LogP contribution is -2.35. The minimum atomic E-state index is -3.45. The summed E-state index contributed by atoms with van der Waals surface area (Å²) in [7, 11) is 1.25. The summed E-state index contributed by atoms with van der Waals surface area (Å²) in [4.78, 5) is 13.9. The molecule has 1 heterocycles. The van der Waals surface area contributed by atoms with Gasteiger partial charge >= 0.3 is 0 Å². The van der Waals surface area contributed by atoms with E-state index >= 15 is 0 Å². The first kappa shape index (κ1) is 15.9. The first-order valence-electron chi connectivity index (χ1n) is 6.66. The van der Waals surface area contributed by atoms with Crippen LogP contribution in [0.15, 0.2) is 18.2 Å². The van der Waals surface area contributed by atoms with Crippen molar-refractivity contribution in [1.29, 1.82) is 0 Å². The molecule has 6 nitrogen and oxygen atoms in total. The van der Waals surface area contributed by atoms with Gasteiger partial charge in [-0.2, -0.15) is 17.4 Å². The van der Waals surface area contributed by atoms with Crippen LogP contribution in [0.25, 0.3) is 0 Å². The Morgan fingerprint density at radius 2 is 1.90 bits per heavy atom. The molecule has 0 aromatic heterocycles. The topological polar surface area (TPSA) is 69.7 Å². The molecule has 7 heteroatoms. The second kappa shape index (κ2) is 5.08. The van der Waals surface area contributed by atoms with E-state index in [0.717, 1.165) is 21.1 Å². The van der Waals surface area contributed by atoms with Crippen molar-refractivity contribution in [3.8, 4) is 0 Å². The van der Waals surface area contributed by atoms with E-state index in [4.69, 9.17) is 0 Å². The van der Waals surface area contributed by atoms with Crippen molar-refractivity contribution in [2.24, 2.45) is 0 Å². The highest BCUT2D eigenvalue weighted by Gasteiger charge is 2.42. The Labute approximate surface area is 125 Å². The van der Waals surface area contributed by atoms with Crippen LogP contribution in [0.4, 0.5) is 5.69 Å². The molecule has 1 aromatic carbocycles. The number of hydrogen-bond donors (Lipinski definition) is 1. The van der Waals surface area contributed by atoms with E-state index in [-0.39, 0.29) is 12.5 Å². The maximum absolute atomic E-state index is 12.2. The summed E-state index contributed by atoms with van der Waals surface area (Å²) in [5.74, 6) is 0.0449. The van der Waals surface area contributed by atoms with E-state index in [0.29, 0.717) is 0 Å². The number of carbonyl (C=O) groups is 1. The van der Waals surface area contributed by atoms with Gasteiger partial charge in [0.25, 0.3) is 10.2 Å². The number of likely N-dealkylation sites (N-methyl/N-ethyl adjacent to an activating group) is 1. The van der Waals surface area contributed by atoms with Crippen LogP contribution in [0.3, 0.4) is 0 Å². The van der Waals surface area contributed by atoms with E-state index in [1.807, 2.05) is 32.0 Å². The third-order valence-corrected chi connectivity index (χ3v) is 5.34. The summed E-state index contributed by atoms with van der Waals surface area (Å²) in [6.07, 6.45) is 0. The van der Waals surface area contributed by atoms with Crippen LogP contribution < -0.4 is 9.62 Å². The van der Waals surface area contributed by atoms with E-state index in [1.165, 1.54) is 14.1 Å². The molecule has 1 amide bonds. The van der Waals surface area contributed by atoms with Crippen LogP contribution in [0.2, 0.25) is 0 Å². The molecular formula is C14H21N3O3S. The molecule has 1 N–H and O–H groups in total. The van der Waals surface area contributed by atoms with Crippen LogP contribution in [-0.4, -0.2) is 39.8 Å². The molecule has 0 spiro atoms. The molecular weight excluding hydrogens is 290 g/mol. The van der Waals surface area contributed by atoms with Gasteiger partial charge in [-0.1, -0.05) is 12.1 Å². The highest BCUT2D eigenvalue weighted by Crippen LogP contribution is 2.40. The first-order valence-corrected chi connectivity index (χ1v) is 8.10. The van der Waals surface area contributed by atoms with E-state index in [9.17, 15) is 13.2 Å². The van der Waals surface area contributed by atoms with Gasteiger partial charge in [0.2, 0.25) is 5.91 Å². The Kier molecular flexibility index (Phi) is 3.86. The number of benzene rings is 1. The third-order valence-electron chi connectivity index (χ3n) is 3.87. The second-order valence-corrected chi connectivity index (χ2v) is 7.92. The predicted octanol–water partition coefficient (Wildman–Crippen LogP) is 0.837. The molecule has 0 fully saturated rings. The van der Waals surface area contributed by atoms with Crippen molar-refractivity contribution in [3.63, 3.8) is 0 Å². The molecule has 21 heavy (non-hydrogen) atoms. The largest absolute Gasteiger partial charge is 0.314 e. The number of anilines is 1. The van der Waals surface area contributed by atoms with Gasteiger partial charge in [0.1, 0.15) is 0 Å². The van der Waals surface area contributed by atoms with Gasteiger partial charge in [0, 0.05) is 33.4 Å². The zero-order valence-electron chi connectivity index (χ0n) is 13.0. The first-order chi connectivity index (χ1) is 9.57. The minimum absolute atomic E-state index is 0.0449. The maximum Gasteiger partial charge on any atom is 0.279 e. The second-order valence-electron chi connectivity index (χ2n) is 5.95. The number of fused-ring (bicyclic) bond motifs is 1. The van der Waals surface area contributed by atoms with Crippen molar-refractivity contribution in [2.75, 3.05) is 26.0 Å². The molecule has 0 aliphatic carbocycles. The van der Waals surface area contributed by atoms with Crippen LogP contribution in [0.5, 0.6) is 0 Å². The Balaban J connectivity index is 2.28. The van der Waals surface area contributed by atoms with Crippen molar-refractivity contribution in [3.05, 3.63) is 29.3 Å². The molecule has 1 aliphatic heterocycles. The van der Waals surface area contributed by atoms with Crippen molar-refractivity contribution in [2.45, 2.75) is 25.8 Å². The third kappa shape index (κ3) is 2.68. The SMILES string of the molecule is CN1C(=O)C(C)(C)c2cc(CNS(=O)(=O)N(C)C)ccc21. The minimum Gasteiger partial charge on any atom is -0.314 e.